The second-order valence-corrected chi connectivity index (χ2v) is 13.8. The summed E-state index contributed by atoms with van der Waals surface area (Å²) >= 11 is 1.42. The predicted octanol–water partition coefficient (Wildman–Crippen LogP) is 5.55. The van der Waals surface area contributed by atoms with Gasteiger partial charge >= 0.3 is 0 Å². The molecule has 12 nitrogen and oxygen atoms in total. The molecule has 6 aromatic rings. The van der Waals surface area contributed by atoms with Crippen molar-refractivity contribution in [3.05, 3.63) is 126 Å². The van der Waals surface area contributed by atoms with Gasteiger partial charge in [0.15, 0.2) is 6.29 Å². The minimum Gasteiger partial charge on any atom is -0.508 e. The van der Waals surface area contributed by atoms with Gasteiger partial charge in [0.1, 0.15) is 10.6 Å². The number of phenols is 1. The molecule has 3 N–H and O–H groups in total. The first-order valence-corrected chi connectivity index (χ1v) is 17.5. The molecular weight excluding hydrogens is 653 g/mol. The number of phenolic OH excluding ortho intramolecular Hbond substituents is 1. The largest absolute Gasteiger partial charge is 0.508 e. The first-order valence-electron chi connectivity index (χ1n) is 15.0. The van der Waals surface area contributed by atoms with Crippen LogP contribution in [0.2, 0.25) is 0 Å². The van der Waals surface area contributed by atoms with Crippen molar-refractivity contribution in [3.63, 3.8) is 0 Å². The van der Waals surface area contributed by atoms with Gasteiger partial charge in [-0.2, -0.15) is 4.68 Å². The van der Waals surface area contributed by atoms with Crippen LogP contribution in [-0.4, -0.2) is 55.7 Å². The number of hydrogen-bond donors (Lipinski definition) is 3. The van der Waals surface area contributed by atoms with E-state index in [0.717, 1.165) is 16.5 Å². The summed E-state index contributed by atoms with van der Waals surface area (Å²) in [5.74, 6) is 0.632. The number of aliphatic hydroxyl groups is 1. The molecule has 0 aliphatic carbocycles. The zero-order chi connectivity index (χ0) is 33.1. The molecule has 1 aliphatic rings. The van der Waals surface area contributed by atoms with Gasteiger partial charge in [0, 0.05) is 35.0 Å². The van der Waals surface area contributed by atoms with E-state index in [2.05, 4.69) is 25.2 Å². The predicted molar refractivity (Wildman–Crippen MR) is 179 cm³/mol. The highest BCUT2D eigenvalue weighted by molar-refractivity contribution is 7.99. The summed E-state index contributed by atoms with van der Waals surface area (Å²) in [6, 6.07) is 29.7. The minimum atomic E-state index is -3.97. The van der Waals surface area contributed by atoms with Crippen LogP contribution in [0.15, 0.2) is 119 Å². The maximum atomic E-state index is 13.5. The summed E-state index contributed by atoms with van der Waals surface area (Å²) in [5, 5.41) is 32.6. The third kappa shape index (κ3) is 6.88. The van der Waals surface area contributed by atoms with Crippen molar-refractivity contribution in [2.24, 2.45) is 0 Å². The Morgan fingerprint density at radius 2 is 1.71 bits per heavy atom. The summed E-state index contributed by atoms with van der Waals surface area (Å²) in [7, 11) is -3.97. The smallest absolute Gasteiger partial charge is 0.264 e. The second kappa shape index (κ2) is 13.7. The SMILES string of the molecule is O=S(=O)(Nc1cccc(C2O[C@H](CSc3nnnn3-c3ccc(O)cc3)C[C@H](c3ccc(CO)cc3)O2)c1)c1cccc2cccnc12. The first kappa shape index (κ1) is 31.7. The van der Waals surface area contributed by atoms with Crippen molar-refractivity contribution >= 4 is 38.4 Å². The van der Waals surface area contributed by atoms with Gasteiger partial charge in [-0.1, -0.05) is 66.4 Å². The number of pyridine rings is 1. The van der Waals surface area contributed by atoms with E-state index in [-0.39, 0.29) is 29.5 Å². The number of aromatic nitrogens is 5. The van der Waals surface area contributed by atoms with Crippen LogP contribution in [0.5, 0.6) is 5.75 Å². The highest BCUT2D eigenvalue weighted by Gasteiger charge is 2.33. The van der Waals surface area contributed by atoms with E-state index in [1.165, 1.54) is 17.8 Å². The van der Waals surface area contributed by atoms with E-state index in [0.29, 0.717) is 39.8 Å². The maximum absolute atomic E-state index is 13.5. The van der Waals surface area contributed by atoms with Gasteiger partial charge in [-0.3, -0.25) is 9.71 Å². The third-order valence-electron chi connectivity index (χ3n) is 7.84. The zero-order valence-electron chi connectivity index (χ0n) is 25.3. The van der Waals surface area contributed by atoms with Crippen LogP contribution in [0.3, 0.4) is 0 Å². The third-order valence-corrected chi connectivity index (χ3v) is 10.3. The molecule has 0 amide bonds. The first-order chi connectivity index (χ1) is 23.4. The van der Waals surface area contributed by atoms with Crippen molar-refractivity contribution in [3.8, 4) is 11.4 Å². The van der Waals surface area contributed by atoms with Crippen LogP contribution >= 0.6 is 11.8 Å². The number of aliphatic hydroxyl groups excluding tert-OH is 1. The number of hydrogen-bond acceptors (Lipinski definition) is 11. The van der Waals surface area contributed by atoms with Gasteiger partial charge in [0.25, 0.3) is 10.0 Å². The van der Waals surface area contributed by atoms with Gasteiger partial charge in [-0.05, 0) is 70.1 Å². The number of thioether (sulfide) groups is 1. The Balaban J connectivity index is 1.14. The molecule has 2 aromatic heterocycles. The normalized spacial score (nSPS) is 18.1. The number of sulfonamides is 1. The number of benzene rings is 4. The summed E-state index contributed by atoms with van der Waals surface area (Å²) in [5.41, 5.74) is 3.77. The van der Waals surface area contributed by atoms with Gasteiger partial charge in [-0.25, -0.2) is 8.42 Å². The fourth-order valence-electron chi connectivity index (χ4n) is 5.47. The summed E-state index contributed by atoms with van der Waals surface area (Å²) in [6.07, 6.45) is 0.628. The summed E-state index contributed by atoms with van der Waals surface area (Å²) in [4.78, 5) is 4.38. The van der Waals surface area contributed by atoms with Crippen molar-refractivity contribution in [1.82, 2.24) is 25.2 Å². The van der Waals surface area contributed by atoms with Crippen LogP contribution in [0.1, 0.15) is 35.5 Å². The Bertz CT molecular complexity index is 2140. The molecule has 7 rings (SSSR count). The lowest BCUT2D eigenvalue weighted by atomic mass is 10.0. The molecule has 1 unspecified atom stereocenters. The fraction of sp³-hybridized carbons (Fsp3) is 0.176. The number of fused-ring (bicyclic) bond motifs is 1. The lowest BCUT2D eigenvalue weighted by Crippen LogP contribution is -2.31. The Kier molecular flexibility index (Phi) is 9.06. The van der Waals surface area contributed by atoms with Gasteiger partial charge in [0.2, 0.25) is 5.16 Å². The molecular formula is C34H30N6O6S2. The minimum absolute atomic E-state index is 0.0654. The topological polar surface area (TPSA) is 162 Å². The van der Waals surface area contributed by atoms with E-state index in [1.807, 2.05) is 42.5 Å². The van der Waals surface area contributed by atoms with E-state index in [9.17, 15) is 18.6 Å². The quantitative estimate of drug-likeness (QED) is 0.155. The van der Waals surface area contributed by atoms with E-state index in [4.69, 9.17) is 9.47 Å². The van der Waals surface area contributed by atoms with Crippen LogP contribution in [0.4, 0.5) is 5.69 Å². The monoisotopic (exact) mass is 682 g/mol. The molecule has 48 heavy (non-hydrogen) atoms. The standard InChI is InChI=1S/C34H30N6O6S2/c41-20-22-9-11-23(12-10-22)30-19-29(21-47-34-36-38-39-40(34)27-13-15-28(42)16-14-27)45-33(46-30)25-5-1-7-26(18-25)37-48(43,44)31-8-2-4-24-6-3-17-35-32(24)31/h1-18,29-30,33,37,41-42H,19-21H2/t29-,30+,33?/m0/s1. The molecule has 0 spiro atoms. The van der Waals surface area contributed by atoms with Crippen LogP contribution in [-0.2, 0) is 26.1 Å². The number of tetrazole rings is 1. The number of para-hydroxylation sites is 1. The van der Waals surface area contributed by atoms with Crippen LogP contribution in [0, 0.1) is 0 Å². The number of aromatic hydroxyl groups is 1. The molecule has 0 radical (unpaired) electrons. The van der Waals surface area contributed by atoms with Gasteiger partial charge < -0.3 is 19.7 Å². The molecule has 3 heterocycles. The lowest BCUT2D eigenvalue weighted by Gasteiger charge is -2.36. The van der Waals surface area contributed by atoms with Crippen LogP contribution in [0.25, 0.3) is 16.6 Å². The molecule has 14 heteroatoms. The number of rotatable bonds is 10. The molecule has 0 bridgehead atoms. The Hall–Kier alpha value is -4.86. The molecule has 1 aliphatic heterocycles. The number of nitrogens with zero attached hydrogens (tertiary/aromatic N) is 5. The second-order valence-electron chi connectivity index (χ2n) is 11.1. The Morgan fingerprint density at radius 3 is 2.52 bits per heavy atom. The van der Waals surface area contributed by atoms with E-state index in [1.54, 1.807) is 65.5 Å². The highest BCUT2D eigenvalue weighted by Crippen LogP contribution is 2.40. The number of nitrogens with one attached hydrogen (secondary N) is 1. The van der Waals surface area contributed by atoms with Crippen molar-refractivity contribution < 1.29 is 28.1 Å². The maximum Gasteiger partial charge on any atom is 0.264 e. The molecule has 244 valence electrons. The van der Waals surface area contributed by atoms with Crippen molar-refractivity contribution in [1.29, 1.82) is 0 Å². The fourth-order valence-corrected chi connectivity index (χ4v) is 7.61. The number of ether oxygens (including phenoxy) is 2. The summed E-state index contributed by atoms with van der Waals surface area (Å²) in [6.45, 7) is -0.0654. The van der Waals surface area contributed by atoms with Crippen LogP contribution < -0.4 is 4.72 Å². The highest BCUT2D eigenvalue weighted by atomic mass is 32.2. The van der Waals surface area contributed by atoms with E-state index >= 15 is 0 Å². The Morgan fingerprint density at radius 1 is 0.917 bits per heavy atom. The van der Waals surface area contributed by atoms with Crippen molar-refractivity contribution in [2.45, 2.75) is 41.6 Å². The average molecular weight is 683 g/mol. The molecule has 3 atom stereocenters. The molecule has 1 saturated heterocycles. The summed E-state index contributed by atoms with van der Waals surface area (Å²) < 4.78 is 44.3. The molecule has 0 saturated carbocycles. The lowest BCUT2D eigenvalue weighted by molar-refractivity contribution is -0.245. The Labute approximate surface area is 280 Å². The molecule has 4 aromatic carbocycles. The van der Waals surface area contributed by atoms with Gasteiger partial charge in [-0.15, -0.1) is 5.10 Å². The van der Waals surface area contributed by atoms with Gasteiger partial charge in [0.05, 0.1) is 30.0 Å². The molecule has 1 fully saturated rings. The van der Waals surface area contributed by atoms with Crippen molar-refractivity contribution in [2.75, 3.05) is 10.5 Å². The van der Waals surface area contributed by atoms with E-state index < -0.39 is 16.3 Å². The average Bonchev–Trinajstić information content (AvgIpc) is 3.59. The zero-order valence-corrected chi connectivity index (χ0v) is 27.0. The number of anilines is 1.